The molecule has 3 aromatic rings. The van der Waals surface area contributed by atoms with E-state index in [0.717, 1.165) is 16.9 Å². The standard InChI is InChI=1S/C15H15N3/c1-10-7-13(11(2)15-8-16-9-17-15)12-5-3-4-6-14(12)18-10/h3-9,11H,1-2H3,(H,16,17). The van der Waals surface area contributed by atoms with Gasteiger partial charge in [0, 0.05) is 23.2 Å². The first-order chi connectivity index (χ1) is 8.75. The number of hydrogen-bond acceptors (Lipinski definition) is 2. The zero-order valence-corrected chi connectivity index (χ0v) is 10.5. The first-order valence-electron chi connectivity index (χ1n) is 6.10. The van der Waals surface area contributed by atoms with Crippen molar-refractivity contribution in [1.82, 2.24) is 15.0 Å². The fourth-order valence-corrected chi connectivity index (χ4v) is 2.37. The van der Waals surface area contributed by atoms with Crippen molar-refractivity contribution in [3.8, 4) is 0 Å². The van der Waals surface area contributed by atoms with E-state index < -0.39 is 0 Å². The molecule has 0 aliphatic rings. The van der Waals surface area contributed by atoms with Gasteiger partial charge in [0.25, 0.3) is 0 Å². The molecular formula is C15H15N3. The number of hydrogen-bond donors (Lipinski definition) is 1. The van der Waals surface area contributed by atoms with E-state index in [0.29, 0.717) is 0 Å². The number of benzene rings is 1. The lowest BCUT2D eigenvalue weighted by molar-refractivity contribution is 0.887. The molecule has 1 unspecified atom stereocenters. The van der Waals surface area contributed by atoms with E-state index in [1.165, 1.54) is 10.9 Å². The lowest BCUT2D eigenvalue weighted by atomic mass is 9.94. The molecule has 0 radical (unpaired) electrons. The zero-order chi connectivity index (χ0) is 12.5. The lowest BCUT2D eigenvalue weighted by Crippen LogP contribution is -1.99. The van der Waals surface area contributed by atoms with Gasteiger partial charge >= 0.3 is 0 Å². The molecule has 3 nitrogen and oxygen atoms in total. The van der Waals surface area contributed by atoms with Crippen molar-refractivity contribution in [1.29, 1.82) is 0 Å². The number of aromatic nitrogens is 3. The molecule has 1 atom stereocenters. The summed E-state index contributed by atoms with van der Waals surface area (Å²) < 4.78 is 0. The molecule has 1 N–H and O–H groups in total. The maximum Gasteiger partial charge on any atom is 0.0923 e. The van der Waals surface area contributed by atoms with Crippen molar-refractivity contribution in [2.75, 3.05) is 0 Å². The van der Waals surface area contributed by atoms with Crippen LogP contribution in [0.25, 0.3) is 10.9 Å². The van der Waals surface area contributed by atoms with Crippen molar-refractivity contribution in [2.24, 2.45) is 0 Å². The molecular weight excluding hydrogens is 222 g/mol. The summed E-state index contributed by atoms with van der Waals surface area (Å²) in [4.78, 5) is 11.9. The Bertz CT molecular complexity index is 671. The van der Waals surface area contributed by atoms with Crippen molar-refractivity contribution in [3.05, 3.63) is 59.8 Å². The second kappa shape index (κ2) is 4.26. The Morgan fingerprint density at radius 2 is 2.06 bits per heavy atom. The van der Waals surface area contributed by atoms with Gasteiger partial charge in [-0.3, -0.25) is 4.98 Å². The van der Waals surface area contributed by atoms with Crippen LogP contribution in [0.15, 0.2) is 42.9 Å². The van der Waals surface area contributed by atoms with Gasteiger partial charge in [-0.15, -0.1) is 0 Å². The number of H-pyrrole nitrogens is 1. The maximum atomic E-state index is 4.57. The minimum absolute atomic E-state index is 0.267. The molecule has 3 heteroatoms. The Labute approximate surface area is 106 Å². The number of nitrogens with zero attached hydrogens (tertiary/aromatic N) is 2. The summed E-state index contributed by atoms with van der Waals surface area (Å²) in [5.74, 6) is 0.267. The Morgan fingerprint density at radius 3 is 2.83 bits per heavy atom. The first kappa shape index (κ1) is 11.0. The summed E-state index contributed by atoms with van der Waals surface area (Å²) in [6.45, 7) is 4.21. The van der Waals surface area contributed by atoms with Crippen LogP contribution in [-0.4, -0.2) is 15.0 Å². The normalized spacial score (nSPS) is 12.8. The number of fused-ring (bicyclic) bond motifs is 1. The Balaban J connectivity index is 2.22. The van der Waals surface area contributed by atoms with Gasteiger partial charge in [-0.2, -0.15) is 0 Å². The Kier molecular flexibility index (Phi) is 2.59. The molecule has 0 amide bonds. The molecule has 2 aromatic heterocycles. The summed E-state index contributed by atoms with van der Waals surface area (Å²) in [6.07, 6.45) is 3.68. The van der Waals surface area contributed by atoms with Crippen LogP contribution in [0.3, 0.4) is 0 Å². The molecule has 3 rings (SSSR count). The predicted octanol–water partition coefficient (Wildman–Crippen LogP) is 3.42. The average Bonchev–Trinajstić information content (AvgIpc) is 2.90. The highest BCUT2D eigenvalue weighted by Crippen LogP contribution is 2.29. The van der Waals surface area contributed by atoms with Gasteiger partial charge in [-0.05, 0) is 24.6 Å². The van der Waals surface area contributed by atoms with Crippen molar-refractivity contribution in [2.45, 2.75) is 19.8 Å². The van der Waals surface area contributed by atoms with Gasteiger partial charge in [-0.25, -0.2) is 4.98 Å². The third-order valence-corrected chi connectivity index (χ3v) is 3.31. The van der Waals surface area contributed by atoms with E-state index in [1.807, 2.05) is 19.2 Å². The van der Waals surface area contributed by atoms with Gasteiger partial charge in [0.15, 0.2) is 0 Å². The smallest absolute Gasteiger partial charge is 0.0923 e. The third kappa shape index (κ3) is 1.78. The highest BCUT2D eigenvalue weighted by molar-refractivity contribution is 5.83. The zero-order valence-electron chi connectivity index (χ0n) is 10.5. The maximum absolute atomic E-state index is 4.57. The number of pyridine rings is 1. The number of aryl methyl sites for hydroxylation is 1. The SMILES string of the molecule is Cc1cc(C(C)c2c[nH]cn2)c2ccccc2n1. The van der Waals surface area contributed by atoms with Gasteiger partial charge in [-0.1, -0.05) is 25.1 Å². The Hall–Kier alpha value is -2.16. The minimum atomic E-state index is 0.267. The summed E-state index contributed by atoms with van der Waals surface area (Å²) in [5, 5.41) is 1.21. The molecule has 0 fully saturated rings. The highest BCUT2D eigenvalue weighted by Gasteiger charge is 2.14. The van der Waals surface area contributed by atoms with Gasteiger partial charge in [0.05, 0.1) is 17.5 Å². The van der Waals surface area contributed by atoms with E-state index in [-0.39, 0.29) is 5.92 Å². The summed E-state index contributed by atoms with van der Waals surface area (Å²) in [5.41, 5.74) is 4.44. The van der Waals surface area contributed by atoms with E-state index in [2.05, 4.69) is 46.1 Å². The van der Waals surface area contributed by atoms with E-state index in [4.69, 9.17) is 0 Å². The van der Waals surface area contributed by atoms with Crippen molar-refractivity contribution in [3.63, 3.8) is 0 Å². The average molecular weight is 237 g/mol. The highest BCUT2D eigenvalue weighted by atomic mass is 14.9. The molecule has 0 aliphatic carbocycles. The van der Waals surface area contributed by atoms with Crippen molar-refractivity contribution >= 4 is 10.9 Å². The second-order valence-electron chi connectivity index (χ2n) is 4.59. The largest absolute Gasteiger partial charge is 0.351 e. The fourth-order valence-electron chi connectivity index (χ4n) is 2.37. The third-order valence-electron chi connectivity index (χ3n) is 3.31. The molecule has 18 heavy (non-hydrogen) atoms. The fraction of sp³-hybridized carbons (Fsp3) is 0.200. The molecule has 2 heterocycles. The number of nitrogens with one attached hydrogen (secondary N) is 1. The Morgan fingerprint density at radius 1 is 1.22 bits per heavy atom. The van der Waals surface area contributed by atoms with Crippen LogP contribution in [0.2, 0.25) is 0 Å². The summed E-state index contributed by atoms with van der Waals surface area (Å²) >= 11 is 0. The number of para-hydroxylation sites is 1. The summed E-state index contributed by atoms with van der Waals surface area (Å²) in [6, 6.07) is 10.4. The molecule has 1 aromatic carbocycles. The van der Waals surface area contributed by atoms with Crippen LogP contribution in [0.4, 0.5) is 0 Å². The predicted molar refractivity (Wildman–Crippen MR) is 72.6 cm³/mol. The number of imidazole rings is 1. The summed E-state index contributed by atoms with van der Waals surface area (Å²) in [7, 11) is 0. The van der Waals surface area contributed by atoms with Crippen molar-refractivity contribution < 1.29 is 0 Å². The number of rotatable bonds is 2. The van der Waals surface area contributed by atoms with Crippen LogP contribution < -0.4 is 0 Å². The molecule has 0 aliphatic heterocycles. The molecule has 0 spiro atoms. The van der Waals surface area contributed by atoms with Crippen LogP contribution in [0, 0.1) is 6.92 Å². The van der Waals surface area contributed by atoms with E-state index in [1.54, 1.807) is 6.33 Å². The first-order valence-corrected chi connectivity index (χ1v) is 6.10. The van der Waals surface area contributed by atoms with Crippen LogP contribution in [0.5, 0.6) is 0 Å². The molecule has 0 bridgehead atoms. The van der Waals surface area contributed by atoms with E-state index in [9.17, 15) is 0 Å². The molecule has 0 saturated heterocycles. The lowest BCUT2D eigenvalue weighted by Gasteiger charge is -2.13. The second-order valence-corrected chi connectivity index (χ2v) is 4.59. The molecule has 90 valence electrons. The monoisotopic (exact) mass is 237 g/mol. The van der Waals surface area contributed by atoms with E-state index >= 15 is 0 Å². The van der Waals surface area contributed by atoms with Gasteiger partial charge in [0.2, 0.25) is 0 Å². The van der Waals surface area contributed by atoms with Gasteiger partial charge < -0.3 is 4.98 Å². The topological polar surface area (TPSA) is 41.6 Å². The van der Waals surface area contributed by atoms with Crippen LogP contribution in [0.1, 0.15) is 29.8 Å². The number of aromatic amines is 1. The van der Waals surface area contributed by atoms with Gasteiger partial charge in [0.1, 0.15) is 0 Å². The minimum Gasteiger partial charge on any atom is -0.351 e. The van der Waals surface area contributed by atoms with Crippen LogP contribution in [-0.2, 0) is 0 Å². The quantitative estimate of drug-likeness (QED) is 0.742. The van der Waals surface area contributed by atoms with Crippen LogP contribution >= 0.6 is 0 Å². The molecule has 0 saturated carbocycles.